The molecule has 0 aliphatic heterocycles. The van der Waals surface area contributed by atoms with Crippen molar-refractivity contribution in [3.05, 3.63) is 9.33 Å². The molecule has 0 unspecified atom stereocenters. The summed E-state index contributed by atoms with van der Waals surface area (Å²) < 4.78 is 1.16. The highest BCUT2D eigenvalue weighted by molar-refractivity contribution is 7.73. The zero-order valence-electron chi connectivity index (χ0n) is 4.68. The van der Waals surface area contributed by atoms with Crippen LogP contribution in [0.2, 0.25) is 0 Å². The second-order valence-electron chi connectivity index (χ2n) is 1.36. The molecule has 0 atom stereocenters. The normalized spacial score (nSPS) is 9.20. The van der Waals surface area contributed by atoms with Gasteiger partial charge in [0.25, 0.3) is 0 Å². The van der Waals surface area contributed by atoms with Crippen LogP contribution < -0.4 is 4.84 Å². The predicted molar refractivity (Wildman–Crippen MR) is 37.5 cm³/mol. The Kier molecular flexibility index (Phi) is 2.03. The monoisotopic (exact) mass is 177 g/mol. The van der Waals surface area contributed by atoms with E-state index in [1.165, 1.54) is 5.38 Å². The number of nitrogens with zero attached hydrogens (tertiary/aromatic N) is 1. The molecule has 0 saturated heterocycles. The Morgan fingerprint density at radius 3 is 3.00 bits per heavy atom. The fourth-order valence-electron chi connectivity index (χ4n) is 0.432. The molecule has 1 aromatic rings. The zero-order valence-corrected chi connectivity index (χ0v) is 6.32. The molecule has 0 aliphatic rings. The molecule has 1 aromatic heterocycles. The lowest BCUT2D eigenvalue weighted by atomic mass is 10.9. The number of thiazole rings is 1. The van der Waals surface area contributed by atoms with E-state index in [0.717, 1.165) is 16.1 Å². The van der Waals surface area contributed by atoms with E-state index in [4.69, 9.17) is 5.11 Å². The van der Waals surface area contributed by atoms with E-state index in [9.17, 15) is 4.79 Å². The highest BCUT2D eigenvalue weighted by Crippen LogP contribution is 2.14. The van der Waals surface area contributed by atoms with Gasteiger partial charge in [0.1, 0.15) is 0 Å². The minimum absolute atomic E-state index is 0.165. The van der Waals surface area contributed by atoms with E-state index in [1.54, 1.807) is 0 Å². The van der Waals surface area contributed by atoms with Crippen LogP contribution in [0.3, 0.4) is 0 Å². The third-order valence-electron chi connectivity index (χ3n) is 0.787. The Hall–Kier alpha value is -0.880. The molecule has 0 spiro atoms. The van der Waals surface area contributed by atoms with Gasteiger partial charge in [0.05, 0.1) is 5.38 Å². The Morgan fingerprint density at radius 2 is 2.60 bits per heavy atom. The summed E-state index contributed by atoms with van der Waals surface area (Å²) in [5.74, 6) is -0.165. The van der Waals surface area contributed by atoms with Gasteiger partial charge >= 0.3 is 6.47 Å². The smallest absolute Gasteiger partial charge is 0.321 e. The fraction of sp³-hybridized carbons (Fsp3) is 0. The lowest BCUT2D eigenvalue weighted by Gasteiger charge is -1.95. The lowest BCUT2D eigenvalue weighted by Crippen LogP contribution is -2.07. The first kappa shape index (κ1) is 7.23. The Bertz CT molecular complexity index is 289. The Morgan fingerprint density at radius 1 is 1.90 bits per heavy atom. The second-order valence-corrected chi connectivity index (χ2v) is 2.86. The summed E-state index contributed by atoms with van der Waals surface area (Å²) in [5, 5.41) is 10.3. The van der Waals surface area contributed by atoms with Crippen molar-refractivity contribution in [2.45, 2.75) is 0 Å². The molecule has 0 fully saturated rings. The van der Waals surface area contributed by atoms with Crippen molar-refractivity contribution in [1.29, 1.82) is 0 Å². The summed E-state index contributed by atoms with van der Waals surface area (Å²) in [6.07, 6.45) is 0. The number of hydrogen-bond donors (Lipinski definition) is 1. The van der Waals surface area contributed by atoms with Crippen molar-refractivity contribution >= 4 is 30.0 Å². The summed E-state index contributed by atoms with van der Waals surface area (Å²) in [6, 6.07) is 0. The highest BCUT2D eigenvalue weighted by atomic mass is 32.1. The number of hydrogen-bond acceptors (Lipinski definition) is 5. The van der Waals surface area contributed by atoms with Gasteiger partial charge in [0.15, 0.2) is 0 Å². The van der Waals surface area contributed by atoms with Crippen molar-refractivity contribution in [2.24, 2.45) is 0 Å². The minimum atomic E-state index is -0.165. The summed E-state index contributed by atoms with van der Waals surface area (Å²) >= 11 is 5.79. The standard InChI is InChI=1S/C4H3NO3S2/c6-2-8-5-3(7)1-10-4(5)9/h1-2,7H. The van der Waals surface area contributed by atoms with Crippen molar-refractivity contribution < 1.29 is 14.7 Å². The first-order chi connectivity index (χ1) is 4.75. The van der Waals surface area contributed by atoms with E-state index in [0.29, 0.717) is 3.95 Å². The third-order valence-corrected chi connectivity index (χ3v) is 1.94. The van der Waals surface area contributed by atoms with E-state index >= 15 is 0 Å². The molecule has 6 heteroatoms. The first-order valence-corrected chi connectivity index (χ1v) is 3.55. The van der Waals surface area contributed by atoms with Crippen molar-refractivity contribution in [3.8, 4) is 5.88 Å². The average molecular weight is 177 g/mol. The minimum Gasteiger partial charge on any atom is -0.492 e. The Balaban J connectivity index is 3.10. The van der Waals surface area contributed by atoms with Crippen molar-refractivity contribution in [3.63, 3.8) is 0 Å². The number of aromatic nitrogens is 1. The van der Waals surface area contributed by atoms with Crippen LogP contribution >= 0.6 is 23.6 Å². The molecular weight excluding hydrogens is 174 g/mol. The van der Waals surface area contributed by atoms with E-state index < -0.39 is 0 Å². The summed E-state index contributed by atoms with van der Waals surface area (Å²) in [7, 11) is 0. The molecule has 10 heavy (non-hydrogen) atoms. The zero-order chi connectivity index (χ0) is 7.56. The number of carbonyl (C=O) groups excluding carboxylic acids is 1. The van der Waals surface area contributed by atoms with Gasteiger partial charge in [-0.05, 0) is 12.2 Å². The number of carbonyl (C=O) groups is 1. The lowest BCUT2D eigenvalue weighted by molar-refractivity contribution is -0.129. The first-order valence-electron chi connectivity index (χ1n) is 2.26. The Labute approximate surface area is 65.2 Å². The molecule has 0 bridgehead atoms. The second kappa shape index (κ2) is 2.80. The molecule has 0 amide bonds. The van der Waals surface area contributed by atoms with Gasteiger partial charge in [-0.2, -0.15) is 0 Å². The van der Waals surface area contributed by atoms with Crippen LogP contribution in [-0.4, -0.2) is 16.3 Å². The highest BCUT2D eigenvalue weighted by Gasteiger charge is 2.00. The van der Waals surface area contributed by atoms with Crippen LogP contribution in [-0.2, 0) is 4.79 Å². The maximum Gasteiger partial charge on any atom is 0.321 e. The number of rotatable bonds is 2. The molecule has 54 valence electrons. The van der Waals surface area contributed by atoms with Crippen LogP contribution in [0.25, 0.3) is 0 Å². The molecule has 1 heterocycles. The van der Waals surface area contributed by atoms with E-state index in [-0.39, 0.29) is 12.4 Å². The van der Waals surface area contributed by atoms with Gasteiger partial charge < -0.3 is 9.94 Å². The molecule has 0 saturated carbocycles. The molecule has 4 nitrogen and oxygen atoms in total. The third kappa shape index (κ3) is 1.17. The van der Waals surface area contributed by atoms with Crippen LogP contribution in [0.1, 0.15) is 0 Å². The SMILES string of the molecule is O=COn1c(O)csc1=S. The maximum absolute atomic E-state index is 9.78. The molecule has 0 aromatic carbocycles. The topological polar surface area (TPSA) is 51.5 Å². The van der Waals surface area contributed by atoms with Gasteiger partial charge in [-0.15, -0.1) is 16.1 Å². The number of aromatic hydroxyl groups is 1. The van der Waals surface area contributed by atoms with Gasteiger partial charge in [-0.1, -0.05) is 0 Å². The maximum atomic E-state index is 9.78. The quantitative estimate of drug-likeness (QED) is 0.530. The van der Waals surface area contributed by atoms with Crippen LogP contribution in [0.4, 0.5) is 0 Å². The van der Waals surface area contributed by atoms with Crippen LogP contribution in [0, 0.1) is 3.95 Å². The van der Waals surface area contributed by atoms with Gasteiger partial charge in [0.2, 0.25) is 9.83 Å². The summed E-state index contributed by atoms with van der Waals surface area (Å²) in [4.78, 5) is 14.1. The molecular formula is C4H3NO3S2. The average Bonchev–Trinajstić information content (AvgIpc) is 2.20. The van der Waals surface area contributed by atoms with Gasteiger partial charge in [0, 0.05) is 0 Å². The summed E-state index contributed by atoms with van der Waals surface area (Å²) in [6.45, 7) is 0.197. The summed E-state index contributed by atoms with van der Waals surface area (Å²) in [5.41, 5.74) is 0. The van der Waals surface area contributed by atoms with Crippen LogP contribution in [0.15, 0.2) is 5.38 Å². The fourth-order valence-corrected chi connectivity index (χ4v) is 1.25. The molecule has 0 aliphatic carbocycles. The molecule has 1 rings (SSSR count). The van der Waals surface area contributed by atoms with Crippen LogP contribution in [0.5, 0.6) is 5.88 Å². The van der Waals surface area contributed by atoms with E-state index in [1.807, 2.05) is 0 Å². The molecule has 0 radical (unpaired) electrons. The predicted octanol–water partition coefficient (Wildman–Crippen LogP) is 0.570. The largest absolute Gasteiger partial charge is 0.492 e. The van der Waals surface area contributed by atoms with Crippen molar-refractivity contribution in [1.82, 2.24) is 4.73 Å². The van der Waals surface area contributed by atoms with Gasteiger partial charge in [-0.25, -0.2) is 0 Å². The van der Waals surface area contributed by atoms with E-state index in [2.05, 4.69) is 17.1 Å². The molecule has 1 N–H and O–H groups in total. The van der Waals surface area contributed by atoms with Gasteiger partial charge in [-0.3, -0.25) is 4.79 Å². The van der Waals surface area contributed by atoms with Crippen molar-refractivity contribution in [2.75, 3.05) is 0 Å².